The van der Waals surface area contributed by atoms with Gasteiger partial charge in [0.15, 0.2) is 0 Å². The number of ether oxygens (including phenoxy) is 1. The number of halogens is 1. The molecule has 0 N–H and O–H groups in total. The molecule has 0 aromatic rings. The maximum absolute atomic E-state index is 5.38. The summed E-state index contributed by atoms with van der Waals surface area (Å²) in [6.45, 7) is 5.42. The Bertz CT molecular complexity index is 84.9. The summed E-state index contributed by atoms with van der Waals surface area (Å²) >= 11 is 3.47. The number of alkyl halides is 1. The molecule has 1 rings (SSSR count). The van der Waals surface area contributed by atoms with Crippen molar-refractivity contribution in [3.05, 3.63) is 0 Å². The highest BCUT2D eigenvalue weighted by Gasteiger charge is 2.25. The Morgan fingerprint density at radius 1 is 1.44 bits per heavy atom. The van der Waals surface area contributed by atoms with E-state index in [0.717, 1.165) is 12.5 Å². The van der Waals surface area contributed by atoms with Crippen LogP contribution in [0.4, 0.5) is 0 Å². The molecule has 54 valence electrons. The molecule has 9 heavy (non-hydrogen) atoms. The largest absolute Gasteiger partial charge is 0.367 e. The molecule has 1 fully saturated rings. The minimum absolute atomic E-state index is 0.293. The molecular formula is C7H13BrO. The van der Waals surface area contributed by atoms with Crippen molar-refractivity contribution in [3.8, 4) is 0 Å². The number of hydrogen-bond donors (Lipinski definition) is 0. The first-order valence-electron chi connectivity index (χ1n) is 3.47. The lowest BCUT2D eigenvalue weighted by Crippen LogP contribution is -2.28. The lowest BCUT2D eigenvalue weighted by Gasteiger charge is -2.30. The molecule has 1 heterocycles. The summed E-state index contributed by atoms with van der Waals surface area (Å²) in [5.41, 5.74) is 0. The Morgan fingerprint density at radius 3 is 2.56 bits per heavy atom. The molecule has 0 amide bonds. The summed E-state index contributed by atoms with van der Waals surface area (Å²) in [5.74, 6) is 1.47. The van der Waals surface area contributed by atoms with Crippen molar-refractivity contribution in [2.75, 3.05) is 6.61 Å². The van der Waals surface area contributed by atoms with Crippen LogP contribution in [0.15, 0.2) is 0 Å². The Kier molecular flexibility index (Phi) is 2.53. The maximum atomic E-state index is 5.38. The molecule has 1 aliphatic rings. The van der Waals surface area contributed by atoms with Crippen LogP contribution in [0.3, 0.4) is 0 Å². The van der Waals surface area contributed by atoms with E-state index in [1.165, 1.54) is 6.42 Å². The van der Waals surface area contributed by atoms with E-state index in [0.29, 0.717) is 10.9 Å². The van der Waals surface area contributed by atoms with Gasteiger partial charge in [-0.2, -0.15) is 0 Å². The fourth-order valence-electron chi connectivity index (χ4n) is 1.04. The Hall–Kier alpha value is 0.440. The van der Waals surface area contributed by atoms with Gasteiger partial charge in [-0.3, -0.25) is 0 Å². The highest BCUT2D eigenvalue weighted by atomic mass is 79.9. The van der Waals surface area contributed by atoms with E-state index in [2.05, 4.69) is 29.8 Å². The summed E-state index contributed by atoms with van der Waals surface area (Å²) in [4.78, 5) is 0. The minimum Gasteiger partial charge on any atom is -0.367 e. The molecule has 2 heteroatoms. The molecule has 1 aliphatic heterocycles. The predicted octanol–water partition coefficient (Wildman–Crippen LogP) is 2.40. The molecule has 0 aromatic carbocycles. The third-order valence-corrected chi connectivity index (χ3v) is 3.26. The predicted molar refractivity (Wildman–Crippen MR) is 41.6 cm³/mol. The summed E-state index contributed by atoms with van der Waals surface area (Å²) in [5, 5.41) is 0.293. The van der Waals surface area contributed by atoms with E-state index in [4.69, 9.17) is 4.74 Å². The first-order chi connectivity index (χ1) is 4.22. The van der Waals surface area contributed by atoms with Gasteiger partial charge in [0.25, 0.3) is 0 Å². The fraction of sp³-hybridized carbons (Fsp3) is 1.00. The van der Waals surface area contributed by atoms with E-state index < -0.39 is 0 Å². The monoisotopic (exact) mass is 192 g/mol. The number of rotatable bonds is 0. The van der Waals surface area contributed by atoms with Crippen LogP contribution < -0.4 is 0 Å². The van der Waals surface area contributed by atoms with Gasteiger partial charge >= 0.3 is 0 Å². The van der Waals surface area contributed by atoms with Crippen LogP contribution in [0.25, 0.3) is 0 Å². The van der Waals surface area contributed by atoms with E-state index in [-0.39, 0.29) is 0 Å². The maximum Gasteiger partial charge on any atom is 0.115 e. The van der Waals surface area contributed by atoms with Gasteiger partial charge in [-0.25, -0.2) is 0 Å². The summed E-state index contributed by atoms with van der Waals surface area (Å²) in [6, 6.07) is 0. The van der Waals surface area contributed by atoms with Crippen LogP contribution >= 0.6 is 15.9 Å². The first-order valence-corrected chi connectivity index (χ1v) is 4.39. The SMILES string of the molecule is CC1CCOC(Br)C1C. The van der Waals surface area contributed by atoms with Gasteiger partial charge in [0.05, 0.1) is 0 Å². The lowest BCUT2D eigenvalue weighted by atomic mass is 9.92. The topological polar surface area (TPSA) is 9.23 Å². The van der Waals surface area contributed by atoms with Gasteiger partial charge in [-0.1, -0.05) is 29.8 Å². The van der Waals surface area contributed by atoms with Crippen LogP contribution in [0.1, 0.15) is 20.3 Å². The standard InChI is InChI=1S/C7H13BrO/c1-5-3-4-9-7(8)6(5)2/h5-7H,3-4H2,1-2H3. The normalized spacial score (nSPS) is 45.0. The van der Waals surface area contributed by atoms with Gasteiger partial charge in [0.2, 0.25) is 0 Å². The molecule has 0 radical (unpaired) electrons. The molecule has 1 saturated heterocycles. The molecule has 0 aliphatic carbocycles. The van der Waals surface area contributed by atoms with E-state index in [1.807, 2.05) is 0 Å². The molecule has 1 nitrogen and oxygen atoms in total. The third kappa shape index (κ3) is 1.68. The Balaban J connectivity index is 2.41. The van der Waals surface area contributed by atoms with Crippen LogP contribution in [0.5, 0.6) is 0 Å². The van der Waals surface area contributed by atoms with Crippen LogP contribution in [-0.2, 0) is 4.74 Å². The second-order valence-electron chi connectivity index (χ2n) is 2.85. The van der Waals surface area contributed by atoms with Gasteiger partial charge in [0, 0.05) is 6.61 Å². The molecular weight excluding hydrogens is 180 g/mol. The van der Waals surface area contributed by atoms with Gasteiger partial charge in [0.1, 0.15) is 5.01 Å². The molecule has 0 bridgehead atoms. The minimum atomic E-state index is 0.293. The van der Waals surface area contributed by atoms with E-state index in [1.54, 1.807) is 0 Å². The van der Waals surface area contributed by atoms with Crippen molar-refractivity contribution in [1.82, 2.24) is 0 Å². The Morgan fingerprint density at radius 2 is 2.11 bits per heavy atom. The third-order valence-electron chi connectivity index (χ3n) is 2.16. The highest BCUT2D eigenvalue weighted by molar-refractivity contribution is 9.09. The van der Waals surface area contributed by atoms with Crippen LogP contribution in [0.2, 0.25) is 0 Å². The highest BCUT2D eigenvalue weighted by Crippen LogP contribution is 2.29. The van der Waals surface area contributed by atoms with Gasteiger partial charge in [-0.05, 0) is 18.3 Å². The zero-order valence-corrected chi connectivity index (χ0v) is 7.52. The molecule has 0 aromatic heterocycles. The zero-order chi connectivity index (χ0) is 6.85. The lowest BCUT2D eigenvalue weighted by molar-refractivity contribution is 0.0113. The quantitative estimate of drug-likeness (QED) is 0.536. The van der Waals surface area contributed by atoms with Crippen molar-refractivity contribution in [2.24, 2.45) is 11.8 Å². The van der Waals surface area contributed by atoms with Gasteiger partial charge < -0.3 is 4.74 Å². The van der Waals surface area contributed by atoms with Crippen molar-refractivity contribution in [3.63, 3.8) is 0 Å². The van der Waals surface area contributed by atoms with Crippen molar-refractivity contribution < 1.29 is 4.74 Å². The molecule has 3 unspecified atom stereocenters. The summed E-state index contributed by atoms with van der Waals surface area (Å²) < 4.78 is 5.38. The van der Waals surface area contributed by atoms with E-state index in [9.17, 15) is 0 Å². The molecule has 0 spiro atoms. The first kappa shape index (κ1) is 7.55. The fourth-order valence-corrected chi connectivity index (χ4v) is 1.75. The second kappa shape index (κ2) is 3.02. The van der Waals surface area contributed by atoms with Gasteiger partial charge in [-0.15, -0.1) is 0 Å². The Labute approximate surface area is 64.9 Å². The van der Waals surface area contributed by atoms with Crippen LogP contribution in [0, 0.1) is 11.8 Å². The second-order valence-corrected chi connectivity index (χ2v) is 3.75. The zero-order valence-electron chi connectivity index (χ0n) is 5.93. The number of hydrogen-bond acceptors (Lipinski definition) is 1. The average Bonchev–Trinajstić information content (AvgIpc) is 1.83. The van der Waals surface area contributed by atoms with Crippen molar-refractivity contribution in [1.29, 1.82) is 0 Å². The van der Waals surface area contributed by atoms with Crippen LogP contribution in [-0.4, -0.2) is 11.6 Å². The van der Waals surface area contributed by atoms with Crippen molar-refractivity contribution >= 4 is 15.9 Å². The molecule has 0 saturated carbocycles. The average molecular weight is 193 g/mol. The van der Waals surface area contributed by atoms with Crippen molar-refractivity contribution in [2.45, 2.75) is 25.3 Å². The summed E-state index contributed by atoms with van der Waals surface area (Å²) in [7, 11) is 0. The molecule has 3 atom stereocenters. The smallest absolute Gasteiger partial charge is 0.115 e. The van der Waals surface area contributed by atoms with E-state index >= 15 is 0 Å². The summed E-state index contributed by atoms with van der Waals surface area (Å²) in [6.07, 6.45) is 1.21.